The molecule has 0 aliphatic rings. The van der Waals surface area contributed by atoms with Gasteiger partial charge >= 0.3 is 0 Å². The third-order valence-electron chi connectivity index (χ3n) is 3.43. The quantitative estimate of drug-likeness (QED) is 0.798. The van der Waals surface area contributed by atoms with Gasteiger partial charge in [-0.1, -0.05) is 0 Å². The number of carbonyl (C=O) groups excluding carboxylic acids is 1. The fourth-order valence-corrected chi connectivity index (χ4v) is 2.22. The van der Waals surface area contributed by atoms with Crippen molar-refractivity contribution in [3.63, 3.8) is 0 Å². The second-order valence-corrected chi connectivity index (χ2v) is 5.10. The van der Waals surface area contributed by atoms with E-state index in [9.17, 15) is 13.6 Å². The zero-order valence-corrected chi connectivity index (χ0v) is 12.6. The highest BCUT2D eigenvalue weighted by atomic mass is 19.1. The lowest BCUT2D eigenvalue weighted by Gasteiger charge is -2.15. The van der Waals surface area contributed by atoms with Gasteiger partial charge in [-0.25, -0.2) is 23.4 Å². The van der Waals surface area contributed by atoms with Crippen molar-refractivity contribution in [2.75, 3.05) is 0 Å². The normalized spacial score (nSPS) is 12.0. The van der Waals surface area contributed by atoms with Crippen LogP contribution in [0, 0.1) is 11.6 Å². The second-order valence-electron chi connectivity index (χ2n) is 5.10. The first kappa shape index (κ1) is 15.7. The topological polar surface area (TPSA) is 72.7 Å². The Hall–Kier alpha value is -3.16. The number of rotatable bonds is 4. The summed E-state index contributed by atoms with van der Waals surface area (Å²) in [4.78, 5) is 20.3. The molecule has 0 spiro atoms. The highest BCUT2D eigenvalue weighted by Crippen LogP contribution is 2.18. The van der Waals surface area contributed by atoms with E-state index < -0.39 is 23.6 Å². The van der Waals surface area contributed by atoms with Crippen LogP contribution in [-0.4, -0.2) is 25.7 Å². The Kier molecular flexibility index (Phi) is 4.28. The fraction of sp³-hybridized carbons (Fsp3) is 0.125. The minimum Gasteiger partial charge on any atom is -0.345 e. The first-order chi connectivity index (χ1) is 11.5. The maximum atomic E-state index is 13.8. The van der Waals surface area contributed by atoms with E-state index in [1.165, 1.54) is 35.7 Å². The zero-order chi connectivity index (χ0) is 17.1. The SMILES string of the molecule is C[C@@H](NC(=O)c1ccnc(-n2cncn2)c1)c1cc(F)ccc1F. The molecule has 3 aromatic rings. The minimum atomic E-state index is -0.698. The summed E-state index contributed by atoms with van der Waals surface area (Å²) < 4.78 is 28.5. The summed E-state index contributed by atoms with van der Waals surface area (Å²) in [6.45, 7) is 1.58. The molecule has 2 heterocycles. The number of halogens is 2. The van der Waals surface area contributed by atoms with Crippen molar-refractivity contribution < 1.29 is 13.6 Å². The van der Waals surface area contributed by atoms with Crippen LogP contribution < -0.4 is 5.32 Å². The van der Waals surface area contributed by atoms with E-state index in [0.29, 0.717) is 11.4 Å². The molecule has 3 rings (SSSR count). The van der Waals surface area contributed by atoms with Crippen molar-refractivity contribution in [3.8, 4) is 5.82 Å². The number of hydrogen-bond donors (Lipinski definition) is 1. The Bertz CT molecular complexity index is 867. The number of nitrogens with zero attached hydrogens (tertiary/aromatic N) is 4. The number of hydrogen-bond acceptors (Lipinski definition) is 4. The van der Waals surface area contributed by atoms with Crippen molar-refractivity contribution in [1.82, 2.24) is 25.1 Å². The van der Waals surface area contributed by atoms with E-state index in [2.05, 4.69) is 20.4 Å². The van der Waals surface area contributed by atoms with Crippen molar-refractivity contribution in [1.29, 1.82) is 0 Å². The summed E-state index contributed by atoms with van der Waals surface area (Å²) in [5.74, 6) is -1.16. The molecule has 2 aromatic heterocycles. The molecule has 6 nitrogen and oxygen atoms in total. The van der Waals surface area contributed by atoms with Gasteiger partial charge in [-0.15, -0.1) is 0 Å². The van der Waals surface area contributed by atoms with Crippen LogP contribution in [0.25, 0.3) is 5.82 Å². The summed E-state index contributed by atoms with van der Waals surface area (Å²) in [6, 6.07) is 5.47. The molecule has 0 unspecified atom stereocenters. The maximum absolute atomic E-state index is 13.8. The Labute approximate surface area is 136 Å². The minimum absolute atomic E-state index is 0.0777. The number of nitrogens with one attached hydrogen (secondary N) is 1. The van der Waals surface area contributed by atoms with E-state index in [0.717, 1.165) is 18.2 Å². The Morgan fingerprint density at radius 2 is 2.08 bits per heavy atom. The van der Waals surface area contributed by atoms with E-state index in [-0.39, 0.29) is 5.56 Å². The van der Waals surface area contributed by atoms with Crippen LogP contribution in [0.1, 0.15) is 28.9 Å². The molecule has 1 aromatic carbocycles. The Morgan fingerprint density at radius 3 is 2.83 bits per heavy atom. The molecule has 0 fully saturated rings. The van der Waals surface area contributed by atoms with Gasteiger partial charge < -0.3 is 5.32 Å². The molecule has 0 aliphatic heterocycles. The highest BCUT2D eigenvalue weighted by molar-refractivity contribution is 5.94. The van der Waals surface area contributed by atoms with Crippen molar-refractivity contribution in [3.05, 3.63) is 71.9 Å². The van der Waals surface area contributed by atoms with E-state index in [4.69, 9.17) is 0 Å². The third kappa shape index (κ3) is 3.27. The standard InChI is InChI=1S/C16H13F2N5O/c1-10(13-7-12(17)2-3-14(13)18)22-16(24)11-4-5-20-15(6-11)23-9-19-8-21-23/h2-10H,1H3,(H,22,24)/t10-/m1/s1. The van der Waals surface area contributed by atoms with Crippen LogP contribution in [0.4, 0.5) is 8.78 Å². The number of carbonyl (C=O) groups is 1. The van der Waals surface area contributed by atoms with Crippen LogP contribution in [0.15, 0.2) is 49.2 Å². The third-order valence-corrected chi connectivity index (χ3v) is 3.43. The average molecular weight is 329 g/mol. The van der Waals surface area contributed by atoms with E-state index >= 15 is 0 Å². The molecule has 1 amide bonds. The molecule has 0 saturated heterocycles. The van der Waals surface area contributed by atoms with Gasteiger partial charge in [-0.05, 0) is 37.3 Å². The van der Waals surface area contributed by atoms with Gasteiger partial charge in [0.1, 0.15) is 24.3 Å². The number of amides is 1. The summed E-state index contributed by atoms with van der Waals surface area (Å²) in [7, 11) is 0. The van der Waals surface area contributed by atoms with Gasteiger partial charge in [0, 0.05) is 17.3 Å². The van der Waals surface area contributed by atoms with E-state index in [1.807, 2.05) is 0 Å². The predicted molar refractivity (Wildman–Crippen MR) is 81.4 cm³/mol. The highest BCUT2D eigenvalue weighted by Gasteiger charge is 2.16. The first-order valence-corrected chi connectivity index (χ1v) is 7.11. The molecule has 8 heteroatoms. The molecule has 0 radical (unpaired) electrons. The fourth-order valence-electron chi connectivity index (χ4n) is 2.22. The molecular formula is C16H13F2N5O. The smallest absolute Gasteiger partial charge is 0.251 e. The Morgan fingerprint density at radius 1 is 1.25 bits per heavy atom. The van der Waals surface area contributed by atoms with Gasteiger partial charge in [-0.2, -0.15) is 5.10 Å². The maximum Gasteiger partial charge on any atom is 0.251 e. The number of pyridine rings is 1. The molecule has 1 N–H and O–H groups in total. The average Bonchev–Trinajstić information content (AvgIpc) is 3.11. The lowest BCUT2D eigenvalue weighted by Crippen LogP contribution is -2.27. The van der Waals surface area contributed by atoms with Crippen LogP contribution in [0.2, 0.25) is 0 Å². The molecule has 0 aliphatic carbocycles. The summed E-state index contributed by atoms with van der Waals surface area (Å²) in [6.07, 6.45) is 4.26. The molecule has 0 bridgehead atoms. The van der Waals surface area contributed by atoms with Gasteiger partial charge in [0.15, 0.2) is 5.82 Å². The number of aromatic nitrogens is 4. The van der Waals surface area contributed by atoms with Crippen LogP contribution in [0.5, 0.6) is 0 Å². The predicted octanol–water partition coefficient (Wildman–Crippen LogP) is 2.43. The lowest BCUT2D eigenvalue weighted by molar-refractivity contribution is 0.0939. The van der Waals surface area contributed by atoms with Crippen molar-refractivity contribution in [2.24, 2.45) is 0 Å². The first-order valence-electron chi connectivity index (χ1n) is 7.11. The monoisotopic (exact) mass is 329 g/mol. The molecule has 24 heavy (non-hydrogen) atoms. The Balaban J connectivity index is 1.80. The lowest BCUT2D eigenvalue weighted by atomic mass is 10.1. The molecule has 1 atom stereocenters. The van der Waals surface area contributed by atoms with Gasteiger partial charge in [0.2, 0.25) is 0 Å². The van der Waals surface area contributed by atoms with Crippen molar-refractivity contribution in [2.45, 2.75) is 13.0 Å². The van der Waals surface area contributed by atoms with Gasteiger partial charge in [0.05, 0.1) is 6.04 Å². The van der Waals surface area contributed by atoms with Gasteiger partial charge in [0.25, 0.3) is 5.91 Å². The largest absolute Gasteiger partial charge is 0.345 e. The second kappa shape index (κ2) is 6.53. The number of benzene rings is 1. The molecular weight excluding hydrogens is 316 g/mol. The van der Waals surface area contributed by atoms with Gasteiger partial charge in [-0.3, -0.25) is 4.79 Å². The summed E-state index contributed by atoms with van der Waals surface area (Å²) >= 11 is 0. The van der Waals surface area contributed by atoms with E-state index in [1.54, 1.807) is 6.92 Å². The van der Waals surface area contributed by atoms with Crippen LogP contribution in [-0.2, 0) is 0 Å². The molecule has 122 valence electrons. The summed E-state index contributed by atoms with van der Waals surface area (Å²) in [5.41, 5.74) is 0.396. The zero-order valence-electron chi connectivity index (χ0n) is 12.6. The summed E-state index contributed by atoms with van der Waals surface area (Å²) in [5, 5.41) is 6.57. The van der Waals surface area contributed by atoms with Crippen LogP contribution >= 0.6 is 0 Å². The van der Waals surface area contributed by atoms with Crippen LogP contribution in [0.3, 0.4) is 0 Å². The molecule has 0 saturated carbocycles. The van der Waals surface area contributed by atoms with Crippen molar-refractivity contribution >= 4 is 5.91 Å².